The highest BCUT2D eigenvalue weighted by atomic mass is 16.5. The highest BCUT2D eigenvalue weighted by molar-refractivity contribution is 5.18. The van der Waals surface area contributed by atoms with Gasteiger partial charge in [0.05, 0.1) is 6.10 Å². The van der Waals surface area contributed by atoms with E-state index >= 15 is 0 Å². The molecule has 0 spiro atoms. The van der Waals surface area contributed by atoms with Crippen LogP contribution in [0.5, 0.6) is 0 Å². The lowest BCUT2D eigenvalue weighted by Gasteiger charge is -2.27. The quantitative estimate of drug-likeness (QED) is 0.413. The van der Waals surface area contributed by atoms with Gasteiger partial charge in [0, 0.05) is 17.6 Å². The lowest BCUT2D eigenvalue weighted by atomic mass is 9.98. The van der Waals surface area contributed by atoms with E-state index in [2.05, 4.69) is 10.0 Å². The Balaban J connectivity index is 2.07. The molecule has 0 saturated carbocycles. The molecular weight excluding hydrogens is 190 g/mol. The van der Waals surface area contributed by atoms with Crippen LogP contribution in [0.2, 0.25) is 0 Å². The van der Waals surface area contributed by atoms with Crippen LogP contribution >= 0.6 is 0 Å². The van der Waals surface area contributed by atoms with Crippen LogP contribution < -0.4 is 0 Å². The lowest BCUT2D eigenvalue weighted by molar-refractivity contribution is 0.00675. The fourth-order valence-electron chi connectivity index (χ4n) is 1.86. The minimum atomic E-state index is 0.0777. The molecule has 0 aromatic heterocycles. The molecule has 0 amide bonds. The first-order chi connectivity index (χ1) is 7.40. The summed E-state index contributed by atoms with van der Waals surface area (Å²) in [6.07, 6.45) is 1.69. The summed E-state index contributed by atoms with van der Waals surface area (Å²) in [5.41, 5.74) is 9.56. The van der Waals surface area contributed by atoms with Crippen molar-refractivity contribution in [2.24, 2.45) is 5.11 Å². The van der Waals surface area contributed by atoms with Crippen LogP contribution in [-0.2, 0) is 4.74 Å². The summed E-state index contributed by atoms with van der Waals surface area (Å²) in [6.45, 7) is 0.670. The van der Waals surface area contributed by atoms with Crippen LogP contribution in [0.3, 0.4) is 0 Å². The van der Waals surface area contributed by atoms with Crippen molar-refractivity contribution in [1.29, 1.82) is 0 Å². The van der Waals surface area contributed by atoms with Crippen LogP contribution in [0.1, 0.15) is 24.5 Å². The van der Waals surface area contributed by atoms with Gasteiger partial charge in [-0.15, -0.1) is 0 Å². The van der Waals surface area contributed by atoms with Gasteiger partial charge in [-0.3, -0.25) is 0 Å². The lowest BCUT2D eigenvalue weighted by Crippen LogP contribution is -2.21. The third-order valence-electron chi connectivity index (χ3n) is 2.64. The second kappa shape index (κ2) is 4.82. The zero-order valence-electron chi connectivity index (χ0n) is 8.41. The van der Waals surface area contributed by atoms with Gasteiger partial charge in [-0.25, -0.2) is 0 Å². The van der Waals surface area contributed by atoms with Crippen molar-refractivity contribution >= 4 is 0 Å². The monoisotopic (exact) mass is 203 g/mol. The highest BCUT2D eigenvalue weighted by Crippen LogP contribution is 2.29. The van der Waals surface area contributed by atoms with Gasteiger partial charge >= 0.3 is 0 Å². The number of hydrogen-bond acceptors (Lipinski definition) is 2. The summed E-state index contributed by atoms with van der Waals surface area (Å²) in [5, 5.41) is 3.76. The highest BCUT2D eigenvalue weighted by Gasteiger charge is 2.22. The molecule has 0 bridgehead atoms. The molecule has 0 N–H and O–H groups in total. The van der Waals surface area contributed by atoms with E-state index in [1.165, 1.54) is 0 Å². The fraction of sp³-hybridized carbons (Fsp3) is 0.455. The minimum absolute atomic E-state index is 0.0777. The van der Waals surface area contributed by atoms with Crippen molar-refractivity contribution in [3.8, 4) is 0 Å². The molecule has 0 radical (unpaired) electrons. The van der Waals surface area contributed by atoms with Gasteiger partial charge < -0.3 is 4.74 Å². The van der Waals surface area contributed by atoms with Crippen molar-refractivity contribution in [2.45, 2.75) is 25.0 Å². The second-order valence-corrected chi connectivity index (χ2v) is 3.65. The Kier molecular flexibility index (Phi) is 3.22. The van der Waals surface area contributed by atoms with Crippen LogP contribution in [0.15, 0.2) is 35.4 Å². The van der Waals surface area contributed by atoms with E-state index in [1.54, 1.807) is 0 Å². The number of azide groups is 1. The number of rotatable bonds is 2. The van der Waals surface area contributed by atoms with Crippen LogP contribution in [-0.4, -0.2) is 12.6 Å². The molecule has 1 aromatic carbocycles. The largest absolute Gasteiger partial charge is 0.374 e. The van der Waals surface area contributed by atoms with Crippen LogP contribution in [0, 0.1) is 0 Å². The summed E-state index contributed by atoms with van der Waals surface area (Å²) in [6, 6.07) is 10.1. The molecule has 1 aliphatic heterocycles. The summed E-state index contributed by atoms with van der Waals surface area (Å²) in [7, 11) is 0. The molecule has 0 unspecified atom stereocenters. The second-order valence-electron chi connectivity index (χ2n) is 3.65. The van der Waals surface area contributed by atoms with Gasteiger partial charge in [-0.1, -0.05) is 35.4 Å². The normalized spacial score (nSPS) is 25.6. The molecule has 1 heterocycles. The first kappa shape index (κ1) is 10.0. The van der Waals surface area contributed by atoms with E-state index in [0.717, 1.165) is 18.4 Å². The minimum Gasteiger partial charge on any atom is -0.374 e. The molecule has 1 saturated heterocycles. The molecule has 1 fully saturated rings. The predicted molar refractivity (Wildman–Crippen MR) is 57.3 cm³/mol. The summed E-state index contributed by atoms with van der Waals surface area (Å²) in [4.78, 5) is 2.86. The van der Waals surface area contributed by atoms with E-state index in [4.69, 9.17) is 10.3 Å². The van der Waals surface area contributed by atoms with Crippen molar-refractivity contribution in [3.05, 3.63) is 46.3 Å². The van der Waals surface area contributed by atoms with Gasteiger partial charge in [-0.2, -0.15) is 0 Å². The molecule has 2 atom stereocenters. The van der Waals surface area contributed by atoms with Crippen molar-refractivity contribution in [2.75, 3.05) is 6.61 Å². The molecule has 4 nitrogen and oxygen atoms in total. The Morgan fingerprint density at radius 3 is 2.87 bits per heavy atom. The topological polar surface area (TPSA) is 58.0 Å². The maximum absolute atomic E-state index is 8.39. The van der Waals surface area contributed by atoms with Gasteiger partial charge in [0.1, 0.15) is 0 Å². The third kappa shape index (κ3) is 2.49. The Morgan fingerprint density at radius 2 is 2.13 bits per heavy atom. The maximum Gasteiger partial charge on any atom is 0.0828 e. The molecule has 15 heavy (non-hydrogen) atoms. The zero-order chi connectivity index (χ0) is 10.5. The summed E-state index contributed by atoms with van der Waals surface area (Å²) in [5.74, 6) is 0. The molecular formula is C11H13N3O. The Morgan fingerprint density at radius 1 is 1.33 bits per heavy atom. The maximum atomic E-state index is 8.39. The van der Waals surface area contributed by atoms with E-state index < -0.39 is 0 Å². The smallest absolute Gasteiger partial charge is 0.0828 e. The molecule has 1 aromatic rings. The molecule has 2 rings (SSSR count). The van der Waals surface area contributed by atoms with Gasteiger partial charge in [0.15, 0.2) is 0 Å². The van der Waals surface area contributed by atoms with Crippen molar-refractivity contribution in [1.82, 2.24) is 0 Å². The fourth-order valence-corrected chi connectivity index (χ4v) is 1.86. The number of hydrogen-bond donors (Lipinski definition) is 0. The standard InChI is InChI=1S/C11H13N3O/c12-14-13-10-6-7-15-11(8-10)9-4-2-1-3-5-9/h1-5,10-11H,6-8H2/t10-,11+/m1/s1. The van der Waals surface area contributed by atoms with Crippen molar-refractivity contribution in [3.63, 3.8) is 0 Å². The molecule has 78 valence electrons. The zero-order valence-corrected chi connectivity index (χ0v) is 8.41. The Labute approximate surface area is 88.5 Å². The summed E-state index contributed by atoms with van der Waals surface area (Å²) < 4.78 is 5.66. The number of ether oxygens (including phenoxy) is 1. The molecule has 1 aliphatic rings. The average molecular weight is 203 g/mol. The van der Waals surface area contributed by atoms with E-state index in [9.17, 15) is 0 Å². The van der Waals surface area contributed by atoms with Gasteiger partial charge in [0.2, 0.25) is 0 Å². The Bertz CT molecular complexity index is 359. The first-order valence-corrected chi connectivity index (χ1v) is 5.11. The Hall–Kier alpha value is -1.51. The van der Waals surface area contributed by atoms with E-state index in [0.29, 0.717) is 6.61 Å². The predicted octanol–water partition coefficient (Wildman–Crippen LogP) is 3.22. The van der Waals surface area contributed by atoms with Gasteiger partial charge in [0.25, 0.3) is 0 Å². The first-order valence-electron chi connectivity index (χ1n) is 5.11. The molecule has 0 aliphatic carbocycles. The average Bonchev–Trinajstić information content (AvgIpc) is 2.31. The van der Waals surface area contributed by atoms with E-state index in [-0.39, 0.29) is 12.1 Å². The number of nitrogens with zero attached hydrogens (tertiary/aromatic N) is 3. The van der Waals surface area contributed by atoms with Crippen LogP contribution in [0.4, 0.5) is 0 Å². The molecule has 4 heteroatoms. The SMILES string of the molecule is [N-]=[N+]=N[C@@H]1CCO[C@H](c2ccccc2)C1. The van der Waals surface area contributed by atoms with Gasteiger partial charge in [-0.05, 0) is 23.9 Å². The van der Waals surface area contributed by atoms with Crippen LogP contribution in [0.25, 0.3) is 10.4 Å². The van der Waals surface area contributed by atoms with E-state index in [1.807, 2.05) is 30.3 Å². The third-order valence-corrected chi connectivity index (χ3v) is 2.64. The number of benzene rings is 1. The van der Waals surface area contributed by atoms with Crippen molar-refractivity contribution < 1.29 is 4.74 Å². The summed E-state index contributed by atoms with van der Waals surface area (Å²) >= 11 is 0.